The zero-order valence-electron chi connectivity index (χ0n) is 3.65. The van der Waals surface area contributed by atoms with Gasteiger partial charge in [0.25, 0.3) is 0 Å². The van der Waals surface area contributed by atoms with Crippen LogP contribution in [0.4, 0.5) is 0 Å². The third-order valence-corrected chi connectivity index (χ3v) is 0.350. The number of allylic oxidation sites excluding steroid dienone is 3. The van der Waals surface area contributed by atoms with Crippen LogP contribution >= 0.6 is 0 Å². The molecule has 1 radical (unpaired) electrons. The van der Waals surface area contributed by atoms with Gasteiger partial charge in [-0.1, -0.05) is 18.7 Å². The largest absolute Gasteiger partial charge is 0.129 e. The first-order valence-corrected chi connectivity index (χ1v) is 1.72. The summed E-state index contributed by atoms with van der Waals surface area (Å²) in [5.74, 6) is 0. The third-order valence-electron chi connectivity index (χ3n) is 0.350. The van der Waals surface area contributed by atoms with E-state index in [9.17, 15) is 0 Å². The van der Waals surface area contributed by atoms with Gasteiger partial charge in [0.2, 0.25) is 0 Å². The summed E-state index contributed by atoms with van der Waals surface area (Å²) < 4.78 is 0. The van der Waals surface area contributed by atoms with E-state index in [0.717, 1.165) is 0 Å². The lowest BCUT2D eigenvalue weighted by molar-refractivity contribution is 1.97. The summed E-state index contributed by atoms with van der Waals surface area (Å²) in [5.41, 5.74) is 2.57. The fraction of sp³-hybridized carbons (Fsp3) is 0. The topological polar surface area (TPSA) is 0 Å². The molecule has 0 unspecified atom stereocenters. The molecular weight excluding hydrogens is 72.1 g/mol. The summed E-state index contributed by atoms with van der Waals surface area (Å²) in [4.78, 5) is 0. The summed E-state index contributed by atoms with van der Waals surface area (Å²) >= 11 is 0. The Morgan fingerprint density at radius 1 is 1.50 bits per heavy atom. The zero-order valence-corrected chi connectivity index (χ0v) is 3.65. The van der Waals surface area contributed by atoms with Gasteiger partial charge in [0.1, 0.15) is 0 Å². The van der Waals surface area contributed by atoms with Gasteiger partial charge in [0, 0.05) is 0 Å². The second-order valence-corrected chi connectivity index (χ2v) is 0.799. The molecule has 0 rings (SSSR count). The highest BCUT2D eigenvalue weighted by molar-refractivity contribution is 5.00. The van der Waals surface area contributed by atoms with Gasteiger partial charge in [-0.15, -0.1) is 5.73 Å². The van der Waals surface area contributed by atoms with Crippen LogP contribution in [0.2, 0.25) is 0 Å². The van der Waals surface area contributed by atoms with Crippen molar-refractivity contribution in [1.29, 1.82) is 0 Å². The predicted molar refractivity (Wildman–Crippen MR) is 28.2 cm³/mol. The molecule has 0 aromatic carbocycles. The summed E-state index contributed by atoms with van der Waals surface area (Å²) in [6, 6.07) is 0. The van der Waals surface area contributed by atoms with Gasteiger partial charge in [-0.2, -0.15) is 0 Å². The number of hydrogen-bond donors (Lipinski definition) is 0. The molecule has 0 aliphatic heterocycles. The van der Waals surface area contributed by atoms with E-state index in [1.165, 1.54) is 0 Å². The van der Waals surface area contributed by atoms with E-state index in [1.54, 1.807) is 18.2 Å². The van der Waals surface area contributed by atoms with Crippen LogP contribution in [0.15, 0.2) is 30.5 Å². The van der Waals surface area contributed by atoms with Crippen molar-refractivity contribution < 1.29 is 0 Å². The molecule has 0 N–H and O–H groups in total. The quantitative estimate of drug-likeness (QED) is 0.331. The fourth-order valence-electron chi connectivity index (χ4n) is 0.136. The van der Waals surface area contributed by atoms with Crippen molar-refractivity contribution in [2.45, 2.75) is 0 Å². The van der Waals surface area contributed by atoms with Crippen LogP contribution in [0.5, 0.6) is 0 Å². The lowest BCUT2D eigenvalue weighted by Gasteiger charge is -1.57. The number of rotatable bonds is 1. The molecule has 0 nitrogen and oxygen atoms in total. The van der Waals surface area contributed by atoms with Gasteiger partial charge < -0.3 is 0 Å². The van der Waals surface area contributed by atoms with E-state index in [-0.39, 0.29) is 0 Å². The summed E-state index contributed by atoms with van der Waals surface area (Å²) in [6.07, 6.45) is 5.15. The normalized spacial score (nSPS) is 8.17. The monoisotopic (exact) mass is 79.1 g/mol. The molecule has 0 saturated carbocycles. The van der Waals surface area contributed by atoms with Crippen LogP contribution in [0.25, 0.3) is 0 Å². The summed E-state index contributed by atoms with van der Waals surface area (Å²) in [6.45, 7) is 6.78. The first-order valence-electron chi connectivity index (χ1n) is 1.72. The van der Waals surface area contributed by atoms with Gasteiger partial charge in [-0.05, 0) is 13.0 Å². The standard InChI is InChI=1S/C6H7/c1-3-5-6-4-2/h3,5-6H,1-2H2. The Hall–Kier alpha value is -0.740. The molecule has 0 fully saturated rings. The lowest BCUT2D eigenvalue weighted by Crippen LogP contribution is -1.36. The van der Waals surface area contributed by atoms with E-state index in [0.29, 0.717) is 0 Å². The molecule has 0 atom stereocenters. The molecule has 0 amide bonds. The highest BCUT2D eigenvalue weighted by atomic mass is 13.5. The minimum atomic E-state index is 1.68. The maximum absolute atomic E-state index is 3.44. The van der Waals surface area contributed by atoms with Crippen molar-refractivity contribution in [2.24, 2.45) is 0 Å². The molecule has 0 saturated heterocycles. The van der Waals surface area contributed by atoms with E-state index < -0.39 is 0 Å². The van der Waals surface area contributed by atoms with Crippen molar-refractivity contribution in [3.8, 4) is 0 Å². The van der Waals surface area contributed by atoms with Crippen LogP contribution in [0.3, 0.4) is 0 Å². The van der Waals surface area contributed by atoms with E-state index in [4.69, 9.17) is 0 Å². The molecule has 31 valence electrons. The number of hydrogen-bond acceptors (Lipinski definition) is 0. The molecule has 0 aromatic heterocycles. The SMILES string of the molecule is [CH2]C=CC=C=C. The Kier molecular flexibility index (Phi) is 3.73. The van der Waals surface area contributed by atoms with Gasteiger partial charge in [0.15, 0.2) is 0 Å². The maximum atomic E-state index is 3.44. The minimum Gasteiger partial charge on any atom is -0.129 e. The second-order valence-electron chi connectivity index (χ2n) is 0.799. The van der Waals surface area contributed by atoms with Crippen molar-refractivity contribution in [3.05, 3.63) is 37.5 Å². The Balaban J connectivity index is 3.33. The van der Waals surface area contributed by atoms with Gasteiger partial charge >= 0.3 is 0 Å². The molecule has 0 heteroatoms. The lowest BCUT2D eigenvalue weighted by atomic mass is 10.5. The highest BCUT2D eigenvalue weighted by Gasteiger charge is 1.46. The molecule has 0 heterocycles. The molecule has 0 spiro atoms. The van der Waals surface area contributed by atoms with Crippen LogP contribution in [-0.2, 0) is 0 Å². The van der Waals surface area contributed by atoms with Crippen molar-refractivity contribution in [2.75, 3.05) is 0 Å². The Morgan fingerprint density at radius 3 is 2.33 bits per heavy atom. The van der Waals surface area contributed by atoms with Crippen molar-refractivity contribution >= 4 is 0 Å². The van der Waals surface area contributed by atoms with Crippen LogP contribution < -0.4 is 0 Å². The molecule has 0 aromatic rings. The molecular formula is C6H7. The molecule has 0 bridgehead atoms. The average Bonchev–Trinajstić information content (AvgIpc) is 1.61. The highest BCUT2D eigenvalue weighted by Crippen LogP contribution is 1.66. The minimum absolute atomic E-state index is 1.68. The fourth-order valence-corrected chi connectivity index (χ4v) is 0.136. The van der Waals surface area contributed by atoms with Crippen LogP contribution in [0.1, 0.15) is 0 Å². The second kappa shape index (κ2) is 4.26. The van der Waals surface area contributed by atoms with Gasteiger partial charge in [-0.25, -0.2) is 0 Å². The summed E-state index contributed by atoms with van der Waals surface area (Å²) in [5, 5.41) is 0. The average molecular weight is 79.1 g/mol. The first-order chi connectivity index (χ1) is 2.91. The van der Waals surface area contributed by atoms with Crippen molar-refractivity contribution in [1.82, 2.24) is 0 Å². The van der Waals surface area contributed by atoms with Crippen LogP contribution in [-0.4, -0.2) is 0 Å². The molecule has 0 aliphatic rings. The zero-order chi connectivity index (χ0) is 4.83. The third kappa shape index (κ3) is 3.26. The van der Waals surface area contributed by atoms with E-state index >= 15 is 0 Å². The van der Waals surface area contributed by atoms with E-state index in [1.807, 2.05) is 0 Å². The smallest absolute Gasteiger partial charge is 0.0209 e. The summed E-state index contributed by atoms with van der Waals surface area (Å²) in [7, 11) is 0. The Bertz CT molecular complexity index is 82.2. The van der Waals surface area contributed by atoms with Gasteiger partial charge in [0.05, 0.1) is 0 Å². The maximum Gasteiger partial charge on any atom is -0.0209 e. The van der Waals surface area contributed by atoms with Crippen molar-refractivity contribution in [3.63, 3.8) is 0 Å². The van der Waals surface area contributed by atoms with E-state index in [2.05, 4.69) is 19.2 Å². The molecule has 0 aliphatic carbocycles. The first kappa shape index (κ1) is 5.26. The molecule has 6 heavy (non-hydrogen) atoms. The predicted octanol–water partition coefficient (Wildman–Crippen LogP) is 1.72. The Morgan fingerprint density at radius 2 is 2.17 bits per heavy atom. The Labute approximate surface area is 38.5 Å². The van der Waals surface area contributed by atoms with Gasteiger partial charge in [-0.3, -0.25) is 0 Å². The van der Waals surface area contributed by atoms with Crippen LogP contribution in [0, 0.1) is 6.92 Å².